The molecular weight excluding hydrogens is 190 g/mol. The Hall–Kier alpha value is -1.09. The Kier molecular flexibility index (Phi) is 3.21. The van der Waals surface area contributed by atoms with E-state index in [1.807, 2.05) is 6.07 Å². The first kappa shape index (κ1) is 10.4. The molecule has 0 unspecified atom stereocenters. The van der Waals surface area contributed by atoms with Gasteiger partial charge >= 0.3 is 0 Å². The van der Waals surface area contributed by atoms with E-state index >= 15 is 0 Å². The van der Waals surface area contributed by atoms with Crippen LogP contribution in [0, 0.1) is 13.8 Å². The predicted octanol–water partition coefficient (Wildman–Crippen LogP) is 2.26. The molecule has 1 aliphatic rings. The first-order valence-corrected chi connectivity index (χ1v) is 5.44. The summed E-state index contributed by atoms with van der Waals surface area (Å²) in [4.78, 5) is 4.27. The van der Waals surface area contributed by atoms with Crippen LogP contribution in [0.25, 0.3) is 0 Å². The minimum absolute atomic E-state index is 0.270. The van der Waals surface area contributed by atoms with E-state index < -0.39 is 0 Å². The molecule has 0 saturated carbocycles. The quantitative estimate of drug-likeness (QED) is 0.745. The molecule has 0 atom stereocenters. The summed E-state index contributed by atoms with van der Waals surface area (Å²) in [6.07, 6.45) is 4.01. The third-order valence-corrected chi connectivity index (χ3v) is 2.88. The second-order valence-corrected chi connectivity index (χ2v) is 3.99. The maximum Gasteiger partial charge on any atom is 0.216 e. The second-order valence-electron chi connectivity index (χ2n) is 3.99. The van der Waals surface area contributed by atoms with Crippen LogP contribution in [0.5, 0.6) is 5.88 Å². The Bertz CT molecular complexity index is 332. The average molecular weight is 207 g/mol. The van der Waals surface area contributed by atoms with Gasteiger partial charge in [0.1, 0.15) is 6.10 Å². The fraction of sp³-hybridized carbons (Fsp3) is 0.583. The van der Waals surface area contributed by atoms with Gasteiger partial charge in [-0.3, -0.25) is 0 Å². The number of nitrogens with zero attached hydrogens (tertiary/aromatic N) is 1. The van der Waals surface area contributed by atoms with E-state index in [1.165, 1.54) is 5.56 Å². The van der Waals surface area contributed by atoms with Crippen LogP contribution in [0.15, 0.2) is 12.3 Å². The lowest BCUT2D eigenvalue weighted by Gasteiger charge is -2.23. The Morgan fingerprint density at radius 1 is 1.33 bits per heavy atom. The molecule has 3 nitrogen and oxygen atoms in total. The molecule has 2 heterocycles. The SMILES string of the molecule is Cc1ccnc(OC2CCOCC2)c1C. The van der Waals surface area contributed by atoms with Gasteiger partial charge in [0, 0.05) is 24.6 Å². The van der Waals surface area contributed by atoms with Gasteiger partial charge in [-0.25, -0.2) is 4.98 Å². The average Bonchev–Trinajstić information content (AvgIpc) is 2.26. The van der Waals surface area contributed by atoms with Gasteiger partial charge in [0.15, 0.2) is 0 Å². The van der Waals surface area contributed by atoms with Crippen molar-refractivity contribution in [2.75, 3.05) is 13.2 Å². The van der Waals surface area contributed by atoms with E-state index in [1.54, 1.807) is 6.20 Å². The molecular formula is C12H17NO2. The number of hydrogen-bond donors (Lipinski definition) is 0. The Labute approximate surface area is 90.4 Å². The summed E-state index contributed by atoms with van der Waals surface area (Å²) in [5, 5.41) is 0. The van der Waals surface area contributed by atoms with Gasteiger partial charge in [0.05, 0.1) is 13.2 Å². The van der Waals surface area contributed by atoms with Crippen molar-refractivity contribution >= 4 is 0 Å². The highest BCUT2D eigenvalue weighted by Gasteiger charge is 2.16. The maximum absolute atomic E-state index is 5.88. The number of rotatable bonds is 2. The minimum atomic E-state index is 0.270. The van der Waals surface area contributed by atoms with E-state index in [2.05, 4.69) is 18.8 Å². The zero-order valence-corrected chi connectivity index (χ0v) is 9.32. The third kappa shape index (κ3) is 2.48. The van der Waals surface area contributed by atoms with Crippen molar-refractivity contribution in [3.05, 3.63) is 23.4 Å². The summed E-state index contributed by atoms with van der Waals surface area (Å²) in [7, 11) is 0. The topological polar surface area (TPSA) is 31.4 Å². The zero-order valence-electron chi connectivity index (χ0n) is 9.32. The fourth-order valence-corrected chi connectivity index (χ4v) is 1.68. The van der Waals surface area contributed by atoms with E-state index in [0.717, 1.165) is 37.5 Å². The molecule has 82 valence electrons. The van der Waals surface area contributed by atoms with Crippen LogP contribution >= 0.6 is 0 Å². The standard InChI is InChI=1S/C12H17NO2/c1-9-3-6-13-12(10(9)2)15-11-4-7-14-8-5-11/h3,6,11H,4-5,7-8H2,1-2H3. The van der Waals surface area contributed by atoms with Crippen LogP contribution in [0.1, 0.15) is 24.0 Å². The van der Waals surface area contributed by atoms with Crippen molar-refractivity contribution in [2.45, 2.75) is 32.8 Å². The predicted molar refractivity (Wildman–Crippen MR) is 58.2 cm³/mol. The van der Waals surface area contributed by atoms with Crippen LogP contribution < -0.4 is 4.74 Å². The Morgan fingerprint density at radius 2 is 2.07 bits per heavy atom. The number of ether oxygens (including phenoxy) is 2. The second kappa shape index (κ2) is 4.62. The lowest BCUT2D eigenvalue weighted by molar-refractivity contribution is 0.0234. The summed E-state index contributed by atoms with van der Waals surface area (Å²) in [6.45, 7) is 5.73. The molecule has 0 radical (unpaired) electrons. The number of aromatic nitrogens is 1. The summed E-state index contributed by atoms with van der Waals surface area (Å²) in [5.41, 5.74) is 2.37. The molecule has 0 N–H and O–H groups in total. The molecule has 3 heteroatoms. The van der Waals surface area contributed by atoms with Gasteiger partial charge in [-0.2, -0.15) is 0 Å². The summed E-state index contributed by atoms with van der Waals surface area (Å²) in [5.74, 6) is 0.780. The summed E-state index contributed by atoms with van der Waals surface area (Å²) >= 11 is 0. The van der Waals surface area contributed by atoms with Crippen molar-refractivity contribution in [1.29, 1.82) is 0 Å². The minimum Gasteiger partial charge on any atom is -0.474 e. The first-order valence-electron chi connectivity index (χ1n) is 5.44. The van der Waals surface area contributed by atoms with E-state index in [4.69, 9.17) is 9.47 Å². The number of pyridine rings is 1. The first-order chi connectivity index (χ1) is 7.27. The molecule has 0 amide bonds. The smallest absolute Gasteiger partial charge is 0.216 e. The van der Waals surface area contributed by atoms with E-state index in [-0.39, 0.29) is 6.10 Å². The Balaban J connectivity index is 2.06. The van der Waals surface area contributed by atoms with Crippen molar-refractivity contribution < 1.29 is 9.47 Å². The highest BCUT2D eigenvalue weighted by atomic mass is 16.5. The molecule has 1 aliphatic heterocycles. The molecule has 0 aromatic carbocycles. The monoisotopic (exact) mass is 207 g/mol. The molecule has 1 aromatic rings. The van der Waals surface area contributed by atoms with Crippen molar-refractivity contribution in [1.82, 2.24) is 4.98 Å². The van der Waals surface area contributed by atoms with E-state index in [0.29, 0.717) is 0 Å². The van der Waals surface area contributed by atoms with E-state index in [9.17, 15) is 0 Å². The Morgan fingerprint density at radius 3 is 2.80 bits per heavy atom. The van der Waals surface area contributed by atoms with Gasteiger partial charge in [0.25, 0.3) is 0 Å². The molecule has 0 aliphatic carbocycles. The highest BCUT2D eigenvalue weighted by molar-refractivity contribution is 5.31. The zero-order chi connectivity index (χ0) is 10.7. The van der Waals surface area contributed by atoms with Crippen molar-refractivity contribution in [3.63, 3.8) is 0 Å². The molecule has 1 aromatic heterocycles. The van der Waals surface area contributed by atoms with Crippen LogP contribution in [0.2, 0.25) is 0 Å². The number of hydrogen-bond acceptors (Lipinski definition) is 3. The van der Waals surface area contributed by atoms with Crippen LogP contribution in [-0.2, 0) is 4.74 Å². The van der Waals surface area contributed by atoms with Gasteiger partial charge in [-0.15, -0.1) is 0 Å². The van der Waals surface area contributed by atoms with Gasteiger partial charge in [-0.05, 0) is 25.5 Å². The van der Waals surface area contributed by atoms with Crippen LogP contribution in [0.4, 0.5) is 0 Å². The molecule has 1 saturated heterocycles. The molecule has 0 spiro atoms. The summed E-state index contributed by atoms with van der Waals surface area (Å²) < 4.78 is 11.2. The fourth-order valence-electron chi connectivity index (χ4n) is 1.68. The van der Waals surface area contributed by atoms with Gasteiger partial charge in [0.2, 0.25) is 5.88 Å². The largest absolute Gasteiger partial charge is 0.474 e. The van der Waals surface area contributed by atoms with Crippen molar-refractivity contribution in [2.24, 2.45) is 0 Å². The van der Waals surface area contributed by atoms with Crippen LogP contribution in [-0.4, -0.2) is 24.3 Å². The van der Waals surface area contributed by atoms with Crippen LogP contribution in [0.3, 0.4) is 0 Å². The normalized spacial score (nSPS) is 17.7. The highest BCUT2D eigenvalue weighted by Crippen LogP contribution is 2.21. The molecule has 0 bridgehead atoms. The molecule has 2 rings (SSSR count). The molecule has 15 heavy (non-hydrogen) atoms. The number of aryl methyl sites for hydroxylation is 1. The maximum atomic E-state index is 5.88. The van der Waals surface area contributed by atoms with Gasteiger partial charge in [-0.1, -0.05) is 0 Å². The van der Waals surface area contributed by atoms with Crippen molar-refractivity contribution in [3.8, 4) is 5.88 Å². The summed E-state index contributed by atoms with van der Waals surface area (Å²) in [6, 6.07) is 2.01. The lowest BCUT2D eigenvalue weighted by atomic mass is 10.1. The third-order valence-electron chi connectivity index (χ3n) is 2.88. The lowest BCUT2D eigenvalue weighted by Crippen LogP contribution is -2.26. The van der Waals surface area contributed by atoms with Gasteiger partial charge < -0.3 is 9.47 Å². The molecule has 1 fully saturated rings.